The number of halogens is 2. The van der Waals surface area contributed by atoms with Crippen LogP contribution >= 0.6 is 15.9 Å². The molecular formula is C10H8BrFN2O3. The zero-order valence-electron chi connectivity index (χ0n) is 8.46. The number of nitrogens with one attached hydrogen (secondary N) is 2. The lowest BCUT2D eigenvalue weighted by Gasteiger charge is -2.26. The van der Waals surface area contributed by atoms with Crippen LogP contribution in [0.2, 0.25) is 0 Å². The van der Waals surface area contributed by atoms with Crippen LogP contribution in [0.3, 0.4) is 0 Å². The molecule has 0 bridgehead atoms. The molecule has 0 fully saturated rings. The van der Waals surface area contributed by atoms with Gasteiger partial charge < -0.3 is 15.7 Å². The zero-order valence-corrected chi connectivity index (χ0v) is 10.0. The van der Waals surface area contributed by atoms with Gasteiger partial charge in [-0.25, -0.2) is 4.39 Å². The number of carbonyl (C=O) groups excluding carboxylic acids is 1. The smallest absolute Gasteiger partial charge is 0.305 e. The number of anilines is 2. The lowest BCUT2D eigenvalue weighted by atomic mass is 10.1. The predicted octanol–water partition coefficient (Wildman–Crippen LogP) is 1.80. The second kappa shape index (κ2) is 4.33. The lowest BCUT2D eigenvalue weighted by Crippen LogP contribution is -2.40. The van der Waals surface area contributed by atoms with Gasteiger partial charge in [-0.3, -0.25) is 9.59 Å². The molecule has 0 spiro atoms. The van der Waals surface area contributed by atoms with E-state index >= 15 is 0 Å². The highest BCUT2D eigenvalue weighted by atomic mass is 79.9. The number of carboxylic acid groups (broad SMARTS) is 1. The highest BCUT2D eigenvalue weighted by Gasteiger charge is 2.28. The number of carbonyl (C=O) groups is 2. The van der Waals surface area contributed by atoms with Gasteiger partial charge in [-0.05, 0) is 22.0 Å². The molecule has 7 heteroatoms. The summed E-state index contributed by atoms with van der Waals surface area (Å²) in [7, 11) is 0. The molecule has 0 aromatic heterocycles. The van der Waals surface area contributed by atoms with Crippen LogP contribution in [0.15, 0.2) is 16.6 Å². The number of amides is 1. The van der Waals surface area contributed by atoms with Crippen molar-refractivity contribution in [3.63, 3.8) is 0 Å². The third-order valence-electron chi connectivity index (χ3n) is 2.34. The summed E-state index contributed by atoms with van der Waals surface area (Å²) in [4.78, 5) is 22.1. The fraction of sp³-hybridized carbons (Fsp3) is 0.200. The van der Waals surface area contributed by atoms with Crippen LogP contribution in [0.25, 0.3) is 0 Å². The molecular weight excluding hydrogens is 295 g/mol. The van der Waals surface area contributed by atoms with Gasteiger partial charge >= 0.3 is 5.97 Å². The van der Waals surface area contributed by atoms with Crippen LogP contribution in [0, 0.1) is 5.82 Å². The Morgan fingerprint density at radius 1 is 1.47 bits per heavy atom. The number of rotatable bonds is 2. The van der Waals surface area contributed by atoms with Crippen molar-refractivity contribution in [2.45, 2.75) is 12.5 Å². The van der Waals surface area contributed by atoms with Crippen LogP contribution in [-0.4, -0.2) is 23.0 Å². The van der Waals surface area contributed by atoms with Crippen LogP contribution in [0.5, 0.6) is 0 Å². The Bertz CT molecular complexity index is 507. The topological polar surface area (TPSA) is 78.4 Å². The molecule has 0 saturated carbocycles. The third kappa shape index (κ3) is 2.38. The fourth-order valence-corrected chi connectivity index (χ4v) is 1.90. The van der Waals surface area contributed by atoms with E-state index in [1.165, 1.54) is 12.1 Å². The Kier molecular flexibility index (Phi) is 3.01. The molecule has 17 heavy (non-hydrogen) atoms. The maximum atomic E-state index is 13.3. The minimum atomic E-state index is -1.10. The Labute approximate surface area is 104 Å². The van der Waals surface area contributed by atoms with Crippen LogP contribution in [0.1, 0.15) is 6.42 Å². The van der Waals surface area contributed by atoms with E-state index in [1.54, 1.807) is 0 Å². The first-order valence-electron chi connectivity index (χ1n) is 4.75. The van der Waals surface area contributed by atoms with Crippen molar-refractivity contribution >= 4 is 39.2 Å². The third-order valence-corrected chi connectivity index (χ3v) is 2.95. The summed E-state index contributed by atoms with van der Waals surface area (Å²) in [5.41, 5.74) is 0.793. The maximum absolute atomic E-state index is 13.3. The number of hydrogen-bond donors (Lipinski definition) is 3. The van der Waals surface area contributed by atoms with E-state index in [0.717, 1.165) is 0 Å². The van der Waals surface area contributed by atoms with E-state index in [-0.39, 0.29) is 10.9 Å². The number of carboxylic acids is 1. The molecule has 90 valence electrons. The summed E-state index contributed by atoms with van der Waals surface area (Å²) < 4.78 is 13.5. The molecule has 1 aliphatic rings. The SMILES string of the molecule is O=C(O)CC1Nc2cc(F)c(Br)cc2NC1=O. The molecule has 0 radical (unpaired) electrons. The van der Waals surface area contributed by atoms with E-state index in [9.17, 15) is 14.0 Å². The Morgan fingerprint density at radius 2 is 2.18 bits per heavy atom. The standard InChI is InChI=1S/C10H8BrFN2O3/c11-4-1-6-7(2-5(4)12)13-8(3-9(15)16)10(17)14-6/h1-2,8,13H,3H2,(H,14,17)(H,15,16). The second-order valence-electron chi connectivity index (χ2n) is 3.60. The minimum Gasteiger partial charge on any atom is -0.481 e. The van der Waals surface area contributed by atoms with Crippen molar-refractivity contribution in [3.05, 3.63) is 22.4 Å². The molecule has 0 aliphatic carbocycles. The molecule has 2 rings (SSSR count). The Balaban J connectivity index is 2.31. The van der Waals surface area contributed by atoms with Gasteiger partial charge in [0.1, 0.15) is 11.9 Å². The van der Waals surface area contributed by atoms with Gasteiger partial charge in [0.05, 0.1) is 22.3 Å². The fourth-order valence-electron chi connectivity index (χ4n) is 1.56. The van der Waals surface area contributed by atoms with Crippen molar-refractivity contribution in [1.29, 1.82) is 0 Å². The molecule has 1 atom stereocenters. The molecule has 1 aromatic rings. The predicted molar refractivity (Wildman–Crippen MR) is 62.4 cm³/mol. The van der Waals surface area contributed by atoms with Crippen molar-refractivity contribution in [2.75, 3.05) is 10.6 Å². The minimum absolute atomic E-state index is 0.232. The van der Waals surface area contributed by atoms with Crippen molar-refractivity contribution in [2.24, 2.45) is 0 Å². The summed E-state index contributed by atoms with van der Waals surface area (Å²) >= 11 is 3.00. The number of aliphatic carboxylic acids is 1. The summed E-state index contributed by atoms with van der Waals surface area (Å²) in [6.45, 7) is 0. The van der Waals surface area contributed by atoms with Gasteiger partial charge in [-0.1, -0.05) is 0 Å². The summed E-state index contributed by atoms with van der Waals surface area (Å²) in [6, 6.07) is 1.74. The van der Waals surface area contributed by atoms with Crippen molar-refractivity contribution in [1.82, 2.24) is 0 Å². The summed E-state index contributed by atoms with van der Waals surface area (Å²) in [5.74, 6) is -2.03. The van der Waals surface area contributed by atoms with Gasteiger partial charge in [0.2, 0.25) is 5.91 Å². The van der Waals surface area contributed by atoms with E-state index in [2.05, 4.69) is 26.6 Å². The van der Waals surface area contributed by atoms with E-state index in [4.69, 9.17) is 5.11 Å². The normalized spacial score (nSPS) is 18.0. The Morgan fingerprint density at radius 3 is 2.82 bits per heavy atom. The molecule has 1 aromatic carbocycles. The summed E-state index contributed by atoms with van der Waals surface area (Å²) in [5, 5.41) is 13.8. The van der Waals surface area contributed by atoms with Gasteiger partial charge in [-0.2, -0.15) is 0 Å². The van der Waals surface area contributed by atoms with Crippen LogP contribution in [0.4, 0.5) is 15.8 Å². The first-order chi connectivity index (χ1) is 7.97. The largest absolute Gasteiger partial charge is 0.481 e. The molecule has 1 unspecified atom stereocenters. The molecule has 3 N–H and O–H groups in total. The first-order valence-corrected chi connectivity index (χ1v) is 5.55. The molecule has 1 amide bonds. The van der Waals surface area contributed by atoms with E-state index in [1.807, 2.05) is 0 Å². The zero-order chi connectivity index (χ0) is 12.6. The molecule has 0 saturated heterocycles. The van der Waals surface area contributed by atoms with Crippen LogP contribution in [-0.2, 0) is 9.59 Å². The molecule has 5 nitrogen and oxygen atoms in total. The molecule has 1 aliphatic heterocycles. The quantitative estimate of drug-likeness (QED) is 0.778. The van der Waals surface area contributed by atoms with E-state index in [0.29, 0.717) is 11.4 Å². The lowest BCUT2D eigenvalue weighted by molar-refractivity contribution is -0.138. The number of hydrogen-bond acceptors (Lipinski definition) is 3. The van der Waals surface area contributed by atoms with Gasteiger partial charge in [0.15, 0.2) is 0 Å². The highest BCUT2D eigenvalue weighted by molar-refractivity contribution is 9.10. The second-order valence-corrected chi connectivity index (χ2v) is 4.45. The maximum Gasteiger partial charge on any atom is 0.305 e. The Hall–Kier alpha value is -1.63. The van der Waals surface area contributed by atoms with Crippen molar-refractivity contribution in [3.8, 4) is 0 Å². The average Bonchev–Trinajstić information content (AvgIpc) is 2.22. The van der Waals surface area contributed by atoms with Crippen molar-refractivity contribution < 1.29 is 19.1 Å². The molecule has 1 heterocycles. The summed E-state index contributed by atoms with van der Waals surface area (Å²) in [6.07, 6.45) is -0.358. The average molecular weight is 303 g/mol. The first kappa shape index (κ1) is 11.8. The highest BCUT2D eigenvalue weighted by Crippen LogP contribution is 2.32. The van der Waals surface area contributed by atoms with Crippen LogP contribution < -0.4 is 10.6 Å². The van der Waals surface area contributed by atoms with Gasteiger partial charge in [0.25, 0.3) is 0 Å². The monoisotopic (exact) mass is 302 g/mol. The number of fused-ring (bicyclic) bond motifs is 1. The van der Waals surface area contributed by atoms with Gasteiger partial charge in [-0.15, -0.1) is 0 Å². The number of benzene rings is 1. The van der Waals surface area contributed by atoms with Gasteiger partial charge in [0, 0.05) is 6.07 Å². The van der Waals surface area contributed by atoms with E-state index < -0.39 is 23.7 Å².